The van der Waals surface area contributed by atoms with Gasteiger partial charge in [-0.3, -0.25) is 4.79 Å². The van der Waals surface area contributed by atoms with Crippen LogP contribution in [0.25, 0.3) is 11.4 Å². The first-order valence-corrected chi connectivity index (χ1v) is 9.89. The van der Waals surface area contributed by atoms with Crippen molar-refractivity contribution in [3.8, 4) is 17.1 Å². The highest BCUT2D eigenvalue weighted by molar-refractivity contribution is 6.31. The highest BCUT2D eigenvalue weighted by Crippen LogP contribution is 2.23. The number of aromatic nitrogens is 2. The minimum Gasteiger partial charge on any atom is -0.481 e. The number of hydrogen-bond acceptors (Lipinski definition) is 5. The van der Waals surface area contributed by atoms with Crippen LogP contribution in [-0.4, -0.2) is 34.1 Å². The Morgan fingerprint density at radius 2 is 1.93 bits per heavy atom. The van der Waals surface area contributed by atoms with E-state index in [0.29, 0.717) is 33.9 Å². The Bertz CT molecular complexity index is 989. The van der Waals surface area contributed by atoms with E-state index in [9.17, 15) is 4.79 Å². The van der Waals surface area contributed by atoms with Gasteiger partial charge in [0.25, 0.3) is 5.91 Å². The number of hydrogen-bond donors (Lipinski definition) is 0. The normalized spacial score (nSPS) is 11.9. The number of carbonyl (C=O) groups is 1. The summed E-state index contributed by atoms with van der Waals surface area (Å²) in [6.07, 6.45) is -0.107. The number of aryl methyl sites for hydroxylation is 1. The number of rotatable bonds is 7. The zero-order chi connectivity index (χ0) is 21.0. The van der Waals surface area contributed by atoms with Gasteiger partial charge in [-0.1, -0.05) is 35.3 Å². The van der Waals surface area contributed by atoms with Crippen LogP contribution >= 0.6 is 23.2 Å². The summed E-state index contributed by atoms with van der Waals surface area (Å²) in [6, 6.07) is 12.4. The third kappa shape index (κ3) is 5.28. The highest BCUT2D eigenvalue weighted by atomic mass is 35.5. The zero-order valence-corrected chi connectivity index (χ0v) is 17.9. The lowest BCUT2D eigenvalue weighted by Gasteiger charge is -2.23. The van der Waals surface area contributed by atoms with E-state index >= 15 is 0 Å². The molecule has 152 valence electrons. The average molecular weight is 434 g/mol. The number of ether oxygens (including phenoxy) is 1. The molecule has 0 radical (unpaired) electrons. The Morgan fingerprint density at radius 1 is 1.21 bits per heavy atom. The molecule has 0 aliphatic carbocycles. The lowest BCUT2D eigenvalue weighted by atomic mass is 10.2. The molecular weight excluding hydrogens is 413 g/mol. The second-order valence-electron chi connectivity index (χ2n) is 6.64. The van der Waals surface area contributed by atoms with E-state index in [1.807, 2.05) is 19.9 Å². The number of carbonyl (C=O) groups excluding carboxylic acids is 1. The van der Waals surface area contributed by atoms with Crippen molar-refractivity contribution >= 4 is 29.1 Å². The molecule has 0 saturated carbocycles. The second-order valence-corrected chi connectivity index (χ2v) is 7.48. The second kappa shape index (κ2) is 9.29. The van der Waals surface area contributed by atoms with Crippen LogP contribution in [0.4, 0.5) is 0 Å². The van der Waals surface area contributed by atoms with Gasteiger partial charge in [0.15, 0.2) is 6.10 Å². The highest BCUT2D eigenvalue weighted by Gasteiger charge is 2.24. The van der Waals surface area contributed by atoms with E-state index in [4.69, 9.17) is 32.5 Å². The summed E-state index contributed by atoms with van der Waals surface area (Å²) in [5.41, 5.74) is 1.67. The molecule has 0 aliphatic rings. The number of benzene rings is 2. The van der Waals surface area contributed by atoms with Crippen LogP contribution in [-0.2, 0) is 11.3 Å². The molecule has 2 aromatic carbocycles. The van der Waals surface area contributed by atoms with Crippen LogP contribution in [0.1, 0.15) is 24.8 Å². The summed E-state index contributed by atoms with van der Waals surface area (Å²) in [7, 11) is 1.67. The quantitative estimate of drug-likeness (QED) is 0.513. The van der Waals surface area contributed by atoms with E-state index in [1.54, 1.807) is 43.4 Å². The third-order valence-electron chi connectivity index (χ3n) is 4.37. The maximum atomic E-state index is 12.8. The van der Waals surface area contributed by atoms with Gasteiger partial charge in [0, 0.05) is 22.7 Å². The molecule has 1 heterocycles. The summed E-state index contributed by atoms with van der Waals surface area (Å²) in [4.78, 5) is 18.7. The first kappa shape index (κ1) is 21.1. The van der Waals surface area contributed by atoms with E-state index in [2.05, 4.69) is 10.1 Å². The maximum Gasteiger partial charge on any atom is 0.263 e. The fraction of sp³-hybridized carbons (Fsp3) is 0.286. The topological polar surface area (TPSA) is 68.5 Å². The number of halogens is 2. The fourth-order valence-corrected chi connectivity index (χ4v) is 2.97. The molecule has 0 aliphatic heterocycles. The lowest BCUT2D eigenvalue weighted by Crippen LogP contribution is -2.39. The first-order valence-electron chi connectivity index (χ1n) is 9.13. The van der Waals surface area contributed by atoms with Crippen molar-refractivity contribution < 1.29 is 14.1 Å². The summed E-state index contributed by atoms with van der Waals surface area (Å²) in [5.74, 6) is 1.20. The van der Waals surface area contributed by atoms with Gasteiger partial charge in [0.2, 0.25) is 11.7 Å². The smallest absolute Gasteiger partial charge is 0.263 e. The molecule has 0 bridgehead atoms. The van der Waals surface area contributed by atoms with Gasteiger partial charge in [-0.2, -0.15) is 4.98 Å². The SMILES string of the molecule is CC[C@H](Oc1ccc(Cl)c(C)c1)C(=O)N(C)Cc1nc(-c2ccc(Cl)cc2)no1. The Kier molecular flexibility index (Phi) is 6.77. The summed E-state index contributed by atoms with van der Waals surface area (Å²) < 4.78 is 11.2. The van der Waals surface area contributed by atoms with Crippen molar-refractivity contribution in [2.24, 2.45) is 0 Å². The number of nitrogens with zero attached hydrogens (tertiary/aromatic N) is 3. The Hall–Kier alpha value is -2.57. The molecule has 0 N–H and O–H groups in total. The predicted octanol–water partition coefficient (Wildman–Crippen LogP) is 5.17. The minimum atomic E-state index is -0.626. The Labute approximate surface area is 179 Å². The van der Waals surface area contributed by atoms with Gasteiger partial charge in [-0.05, 0) is 61.4 Å². The Balaban J connectivity index is 1.65. The zero-order valence-electron chi connectivity index (χ0n) is 16.4. The van der Waals surface area contributed by atoms with Gasteiger partial charge in [-0.25, -0.2) is 0 Å². The van der Waals surface area contributed by atoms with Crippen LogP contribution in [0.2, 0.25) is 10.0 Å². The monoisotopic (exact) mass is 433 g/mol. The predicted molar refractivity (Wildman–Crippen MR) is 112 cm³/mol. The summed E-state index contributed by atoms with van der Waals surface area (Å²) >= 11 is 11.9. The molecule has 0 unspecified atom stereocenters. The van der Waals surface area contributed by atoms with Crippen molar-refractivity contribution in [1.29, 1.82) is 0 Å². The largest absolute Gasteiger partial charge is 0.481 e. The minimum absolute atomic E-state index is 0.175. The van der Waals surface area contributed by atoms with Crippen molar-refractivity contribution in [2.45, 2.75) is 32.9 Å². The molecule has 1 aromatic heterocycles. The summed E-state index contributed by atoms with van der Waals surface area (Å²) in [6.45, 7) is 3.96. The number of amides is 1. The van der Waals surface area contributed by atoms with Gasteiger partial charge in [0.1, 0.15) is 5.75 Å². The molecule has 3 aromatic rings. The molecule has 8 heteroatoms. The fourth-order valence-electron chi connectivity index (χ4n) is 2.73. The van der Waals surface area contributed by atoms with Crippen LogP contribution < -0.4 is 4.74 Å². The van der Waals surface area contributed by atoms with Crippen LogP contribution in [0.5, 0.6) is 5.75 Å². The van der Waals surface area contributed by atoms with E-state index in [0.717, 1.165) is 11.1 Å². The van der Waals surface area contributed by atoms with Crippen molar-refractivity contribution in [3.63, 3.8) is 0 Å². The van der Waals surface area contributed by atoms with Gasteiger partial charge < -0.3 is 14.2 Å². The lowest BCUT2D eigenvalue weighted by molar-refractivity contribution is -0.138. The molecule has 1 atom stereocenters. The molecule has 1 amide bonds. The molecule has 0 spiro atoms. The van der Waals surface area contributed by atoms with Crippen molar-refractivity contribution in [1.82, 2.24) is 15.0 Å². The molecule has 0 fully saturated rings. The van der Waals surface area contributed by atoms with Crippen LogP contribution in [0.3, 0.4) is 0 Å². The molecule has 3 rings (SSSR count). The van der Waals surface area contributed by atoms with E-state index in [1.165, 1.54) is 4.90 Å². The third-order valence-corrected chi connectivity index (χ3v) is 5.05. The van der Waals surface area contributed by atoms with Crippen LogP contribution in [0, 0.1) is 6.92 Å². The molecule has 0 saturated heterocycles. The van der Waals surface area contributed by atoms with Gasteiger partial charge >= 0.3 is 0 Å². The number of likely N-dealkylation sites (N-methyl/N-ethyl adjacent to an activating group) is 1. The van der Waals surface area contributed by atoms with E-state index < -0.39 is 6.10 Å². The molecular formula is C21H21Cl2N3O3. The first-order chi connectivity index (χ1) is 13.9. The molecule has 6 nitrogen and oxygen atoms in total. The average Bonchev–Trinajstić information content (AvgIpc) is 3.17. The Morgan fingerprint density at radius 3 is 2.59 bits per heavy atom. The van der Waals surface area contributed by atoms with Gasteiger partial charge in [0.05, 0.1) is 6.54 Å². The van der Waals surface area contributed by atoms with Gasteiger partial charge in [-0.15, -0.1) is 0 Å². The van der Waals surface area contributed by atoms with Crippen molar-refractivity contribution in [3.05, 3.63) is 64.0 Å². The van der Waals surface area contributed by atoms with Crippen molar-refractivity contribution in [2.75, 3.05) is 7.05 Å². The standard InChI is InChI=1S/C21H21Cl2N3O3/c1-4-18(28-16-9-10-17(23)13(2)11-16)21(27)26(3)12-19-24-20(25-29-19)14-5-7-15(22)8-6-14/h5-11,18H,4,12H2,1-3H3/t18-/m0/s1. The van der Waals surface area contributed by atoms with E-state index in [-0.39, 0.29) is 12.5 Å². The summed E-state index contributed by atoms with van der Waals surface area (Å²) in [5, 5.41) is 5.25. The molecule has 29 heavy (non-hydrogen) atoms. The maximum absolute atomic E-state index is 12.8. The van der Waals surface area contributed by atoms with Crippen LogP contribution in [0.15, 0.2) is 47.0 Å².